The summed E-state index contributed by atoms with van der Waals surface area (Å²) >= 11 is 0. The number of nitrogens with one attached hydrogen (secondary N) is 1. The summed E-state index contributed by atoms with van der Waals surface area (Å²) in [6.45, 7) is 5.38. The molecule has 6 nitrogen and oxygen atoms in total. The molecule has 0 aromatic heterocycles. The van der Waals surface area contributed by atoms with Crippen LogP contribution in [0.25, 0.3) is 0 Å². The van der Waals surface area contributed by atoms with Crippen molar-refractivity contribution in [2.45, 2.75) is 31.6 Å². The molecule has 1 aromatic rings. The molecule has 0 bridgehead atoms. The number of fused-ring (bicyclic) bond motifs is 1. The lowest BCUT2D eigenvalue weighted by molar-refractivity contribution is 0.0530. The molecule has 0 radical (unpaired) electrons. The van der Waals surface area contributed by atoms with Gasteiger partial charge in [-0.2, -0.15) is 0 Å². The predicted molar refractivity (Wildman–Crippen MR) is 104 cm³/mol. The number of nitrogens with zero attached hydrogens (tertiary/aromatic N) is 1. The van der Waals surface area contributed by atoms with E-state index in [0.717, 1.165) is 50.5 Å². The van der Waals surface area contributed by atoms with Gasteiger partial charge in [-0.15, -0.1) is 24.0 Å². The quantitative estimate of drug-likeness (QED) is 0.412. The summed E-state index contributed by atoms with van der Waals surface area (Å²) in [5.74, 6) is 2.14. The molecule has 0 atom stereocenters. The van der Waals surface area contributed by atoms with Gasteiger partial charge in [-0.05, 0) is 37.0 Å². The van der Waals surface area contributed by atoms with Crippen LogP contribution < -0.4 is 20.5 Å². The Morgan fingerprint density at radius 1 is 1.25 bits per heavy atom. The van der Waals surface area contributed by atoms with Crippen molar-refractivity contribution in [3.63, 3.8) is 0 Å². The first kappa shape index (κ1) is 19.1. The van der Waals surface area contributed by atoms with Gasteiger partial charge in [-0.1, -0.05) is 13.0 Å². The van der Waals surface area contributed by atoms with Crippen molar-refractivity contribution in [3.8, 4) is 11.5 Å². The monoisotopic (exact) mass is 447 g/mol. The number of hydrogen-bond acceptors (Lipinski definition) is 4. The summed E-state index contributed by atoms with van der Waals surface area (Å²) in [6, 6.07) is 6.18. The fraction of sp³-hybridized carbons (Fsp3) is 0.588. The molecule has 0 spiro atoms. The highest BCUT2D eigenvalue weighted by Gasteiger charge is 2.35. The van der Waals surface area contributed by atoms with Crippen molar-refractivity contribution in [3.05, 3.63) is 23.8 Å². The van der Waals surface area contributed by atoms with E-state index in [2.05, 4.69) is 29.4 Å². The van der Waals surface area contributed by atoms with Crippen LogP contribution in [0.1, 0.15) is 31.7 Å². The van der Waals surface area contributed by atoms with E-state index in [9.17, 15) is 0 Å². The van der Waals surface area contributed by atoms with Gasteiger partial charge in [0.1, 0.15) is 0 Å². The Kier molecular flexibility index (Phi) is 6.97. The standard InChI is InChI=1S/C17H25N3O3.HI/c1-2-7-19-16(18)20-11-17(5-8-21-9-6-17)13-3-4-14-15(10-13)23-12-22-14;/h3-4,10H,2,5-9,11-12H2,1H3,(H3,18,19,20);1H. The second kappa shape index (κ2) is 8.75. The maximum absolute atomic E-state index is 5.97. The molecule has 0 unspecified atom stereocenters. The minimum absolute atomic E-state index is 0. The molecule has 0 amide bonds. The van der Waals surface area contributed by atoms with E-state index in [4.69, 9.17) is 19.9 Å². The van der Waals surface area contributed by atoms with E-state index < -0.39 is 0 Å². The van der Waals surface area contributed by atoms with Crippen molar-refractivity contribution in [1.82, 2.24) is 5.32 Å². The van der Waals surface area contributed by atoms with Gasteiger partial charge in [0.2, 0.25) is 6.79 Å². The summed E-state index contributed by atoms with van der Waals surface area (Å²) in [4.78, 5) is 4.58. The number of guanidine groups is 1. The lowest BCUT2D eigenvalue weighted by Crippen LogP contribution is -2.39. The maximum atomic E-state index is 5.97. The number of ether oxygens (including phenoxy) is 3. The maximum Gasteiger partial charge on any atom is 0.231 e. The Morgan fingerprint density at radius 3 is 2.75 bits per heavy atom. The van der Waals surface area contributed by atoms with Crippen molar-refractivity contribution < 1.29 is 14.2 Å². The second-order valence-corrected chi connectivity index (χ2v) is 6.09. The number of halogens is 1. The van der Waals surface area contributed by atoms with E-state index in [1.165, 1.54) is 5.56 Å². The second-order valence-electron chi connectivity index (χ2n) is 6.09. The first-order valence-corrected chi connectivity index (χ1v) is 8.25. The van der Waals surface area contributed by atoms with Crippen LogP contribution in [0.15, 0.2) is 23.2 Å². The molecule has 3 N–H and O–H groups in total. The van der Waals surface area contributed by atoms with Crippen LogP contribution in [-0.4, -0.2) is 39.1 Å². The van der Waals surface area contributed by atoms with E-state index in [1.54, 1.807) is 0 Å². The Labute approximate surface area is 160 Å². The molecule has 24 heavy (non-hydrogen) atoms. The minimum Gasteiger partial charge on any atom is -0.454 e. The van der Waals surface area contributed by atoms with Gasteiger partial charge >= 0.3 is 0 Å². The van der Waals surface area contributed by atoms with E-state index in [-0.39, 0.29) is 29.4 Å². The SMILES string of the molecule is CCCNC(N)=NCC1(c2ccc3c(c2)OCO3)CCOCC1.I. The van der Waals surface area contributed by atoms with Gasteiger partial charge in [0.15, 0.2) is 17.5 Å². The molecule has 0 saturated carbocycles. The van der Waals surface area contributed by atoms with Crippen LogP contribution in [0.2, 0.25) is 0 Å². The van der Waals surface area contributed by atoms with E-state index in [0.29, 0.717) is 19.3 Å². The smallest absolute Gasteiger partial charge is 0.231 e. The van der Waals surface area contributed by atoms with Gasteiger partial charge < -0.3 is 25.3 Å². The van der Waals surface area contributed by atoms with Crippen LogP contribution in [0.4, 0.5) is 0 Å². The molecule has 2 heterocycles. The number of benzene rings is 1. The average molecular weight is 447 g/mol. The normalized spacial score (nSPS) is 18.8. The minimum atomic E-state index is -0.0578. The zero-order valence-corrected chi connectivity index (χ0v) is 16.4. The number of nitrogens with two attached hydrogens (primary N) is 1. The van der Waals surface area contributed by atoms with Crippen molar-refractivity contribution >= 4 is 29.9 Å². The first-order valence-electron chi connectivity index (χ1n) is 8.25. The van der Waals surface area contributed by atoms with E-state index >= 15 is 0 Å². The lowest BCUT2D eigenvalue weighted by atomic mass is 9.74. The fourth-order valence-corrected chi connectivity index (χ4v) is 3.07. The molecular formula is C17H26IN3O3. The number of aliphatic imine (C=N–C) groups is 1. The highest BCUT2D eigenvalue weighted by Crippen LogP contribution is 2.41. The fourth-order valence-electron chi connectivity index (χ4n) is 3.07. The van der Waals surface area contributed by atoms with Gasteiger partial charge in [0, 0.05) is 25.2 Å². The highest BCUT2D eigenvalue weighted by atomic mass is 127. The molecule has 2 aliphatic heterocycles. The van der Waals surface area contributed by atoms with Crippen molar-refractivity contribution in [2.75, 3.05) is 33.1 Å². The van der Waals surface area contributed by atoms with Crippen LogP contribution in [-0.2, 0) is 10.2 Å². The molecule has 0 aliphatic carbocycles. The number of hydrogen-bond donors (Lipinski definition) is 2. The lowest BCUT2D eigenvalue weighted by Gasteiger charge is -2.36. The van der Waals surface area contributed by atoms with Crippen LogP contribution in [0.3, 0.4) is 0 Å². The van der Waals surface area contributed by atoms with Crippen molar-refractivity contribution in [1.29, 1.82) is 0 Å². The predicted octanol–water partition coefficient (Wildman–Crippen LogP) is 2.40. The molecule has 7 heteroatoms. The van der Waals surface area contributed by atoms with Gasteiger partial charge in [-0.3, -0.25) is 4.99 Å². The molecular weight excluding hydrogens is 421 g/mol. The van der Waals surface area contributed by atoms with Crippen molar-refractivity contribution in [2.24, 2.45) is 10.7 Å². The molecule has 1 saturated heterocycles. The molecule has 1 fully saturated rings. The zero-order chi connectivity index (χ0) is 16.1. The van der Waals surface area contributed by atoms with Gasteiger partial charge in [0.05, 0.1) is 6.54 Å². The van der Waals surface area contributed by atoms with Crippen LogP contribution in [0, 0.1) is 0 Å². The molecule has 3 rings (SSSR count). The number of rotatable bonds is 5. The molecule has 1 aromatic carbocycles. The summed E-state index contributed by atoms with van der Waals surface area (Å²) in [5, 5.41) is 3.13. The third-order valence-corrected chi connectivity index (χ3v) is 4.54. The third kappa shape index (κ3) is 4.24. The Balaban J connectivity index is 0.00000208. The van der Waals surface area contributed by atoms with Crippen LogP contribution in [0.5, 0.6) is 11.5 Å². The zero-order valence-electron chi connectivity index (χ0n) is 14.0. The Morgan fingerprint density at radius 2 is 2.00 bits per heavy atom. The van der Waals surface area contributed by atoms with E-state index in [1.807, 2.05) is 6.07 Å². The molecule has 134 valence electrons. The summed E-state index contributed by atoms with van der Waals surface area (Å²) in [5.41, 5.74) is 7.13. The Hall–Kier alpha value is -1.22. The average Bonchev–Trinajstić information content (AvgIpc) is 3.06. The molecule has 2 aliphatic rings. The highest BCUT2D eigenvalue weighted by molar-refractivity contribution is 14.0. The van der Waals surface area contributed by atoms with Crippen LogP contribution >= 0.6 is 24.0 Å². The largest absolute Gasteiger partial charge is 0.454 e. The summed E-state index contributed by atoms with van der Waals surface area (Å²) < 4.78 is 16.5. The summed E-state index contributed by atoms with van der Waals surface area (Å²) in [6.07, 6.45) is 2.88. The summed E-state index contributed by atoms with van der Waals surface area (Å²) in [7, 11) is 0. The Bertz CT molecular complexity index is 574. The topological polar surface area (TPSA) is 78.1 Å². The van der Waals surface area contributed by atoms with Gasteiger partial charge in [0.25, 0.3) is 0 Å². The third-order valence-electron chi connectivity index (χ3n) is 4.54. The first-order chi connectivity index (χ1) is 11.2. The van der Waals surface area contributed by atoms with Gasteiger partial charge in [-0.25, -0.2) is 0 Å².